The van der Waals surface area contributed by atoms with Crippen LogP contribution >= 0.6 is 0 Å². The summed E-state index contributed by atoms with van der Waals surface area (Å²) in [6.07, 6.45) is -1.14. The highest BCUT2D eigenvalue weighted by atomic mass is 16.5. The standard InChI is InChI=1S/C31H34N2O3.C4H6O6/c1-3-21-14-23-16-25(17-24(23)15-22(21)4-2)32-18-28(34)26-10-12-29(31-27(26)11-13-30(35)33-31)36-19-20-8-6-5-7-9-20;5-1(3(7)8)2(6)4(9)10/h5-15,25,28,32,34H,3-4,16-19H2,1-2H3,(H,33,35);1-2,5-6H,(H,7,8)(H,9,10)/t28-;/m0./s1. The maximum atomic E-state index is 12.1. The third-order valence-electron chi connectivity index (χ3n) is 8.11. The van der Waals surface area contributed by atoms with E-state index in [9.17, 15) is 19.5 Å². The van der Waals surface area contributed by atoms with Crippen molar-refractivity contribution in [1.29, 1.82) is 0 Å². The van der Waals surface area contributed by atoms with E-state index in [1.54, 1.807) is 6.07 Å². The number of aliphatic hydroxyl groups is 3. The molecule has 11 heteroatoms. The molecule has 3 aromatic carbocycles. The number of benzene rings is 3. The molecular weight excluding hydrogens is 592 g/mol. The molecule has 3 atom stereocenters. The fourth-order valence-electron chi connectivity index (χ4n) is 5.63. The molecule has 0 saturated carbocycles. The molecule has 0 spiro atoms. The van der Waals surface area contributed by atoms with E-state index in [1.807, 2.05) is 42.5 Å². The summed E-state index contributed by atoms with van der Waals surface area (Å²) in [6, 6.07) is 22.0. The second kappa shape index (κ2) is 15.6. The van der Waals surface area contributed by atoms with Crippen LogP contribution in [-0.2, 0) is 41.9 Å². The predicted octanol–water partition coefficient (Wildman–Crippen LogP) is 2.90. The number of fused-ring (bicyclic) bond motifs is 2. The van der Waals surface area contributed by atoms with Gasteiger partial charge in [-0.05, 0) is 71.2 Å². The van der Waals surface area contributed by atoms with Crippen LogP contribution in [0.4, 0.5) is 0 Å². The SMILES string of the molecule is CCc1cc2c(cc1CC)CC(NC[C@H](O)c1ccc(OCc3ccccc3)c3[nH]c(=O)ccc13)C2.O=C(O)C(O)C(O)C(=O)O. The number of rotatable bonds is 12. The van der Waals surface area contributed by atoms with E-state index in [-0.39, 0.29) is 5.56 Å². The number of aliphatic carboxylic acids is 2. The minimum absolute atomic E-state index is 0.196. The van der Waals surface area contributed by atoms with E-state index in [2.05, 4.69) is 36.3 Å². The number of carboxylic acids is 2. The van der Waals surface area contributed by atoms with Crippen LogP contribution in [0.3, 0.4) is 0 Å². The number of nitrogens with one attached hydrogen (secondary N) is 2. The summed E-state index contributed by atoms with van der Waals surface area (Å²) < 4.78 is 6.04. The first-order valence-corrected chi connectivity index (χ1v) is 15.2. The Bertz CT molecular complexity index is 1670. The van der Waals surface area contributed by atoms with Crippen molar-refractivity contribution < 1.29 is 39.9 Å². The third-order valence-corrected chi connectivity index (χ3v) is 8.11. The zero-order valence-electron chi connectivity index (χ0n) is 25.8. The molecule has 1 aromatic heterocycles. The van der Waals surface area contributed by atoms with Gasteiger partial charge < -0.3 is 40.6 Å². The van der Waals surface area contributed by atoms with Crippen molar-refractivity contribution in [2.45, 2.75) is 70.5 Å². The highest BCUT2D eigenvalue weighted by Crippen LogP contribution is 2.31. The van der Waals surface area contributed by atoms with Gasteiger partial charge in [-0.15, -0.1) is 0 Å². The van der Waals surface area contributed by atoms with Gasteiger partial charge in [0.2, 0.25) is 5.56 Å². The van der Waals surface area contributed by atoms with Crippen LogP contribution in [0.25, 0.3) is 10.9 Å². The number of carbonyl (C=O) groups is 2. The monoisotopic (exact) mass is 632 g/mol. The molecule has 0 bridgehead atoms. The summed E-state index contributed by atoms with van der Waals surface area (Å²) in [5, 5.41) is 48.0. The van der Waals surface area contributed by atoms with Gasteiger partial charge in [0, 0.05) is 24.0 Å². The zero-order valence-corrected chi connectivity index (χ0v) is 25.8. The molecular formula is C35H40N2O9. The van der Waals surface area contributed by atoms with Crippen molar-refractivity contribution >= 4 is 22.8 Å². The Morgan fingerprint density at radius 2 is 1.46 bits per heavy atom. The molecule has 5 rings (SSSR count). The molecule has 46 heavy (non-hydrogen) atoms. The lowest BCUT2D eigenvalue weighted by Crippen LogP contribution is -2.39. The van der Waals surface area contributed by atoms with E-state index in [0.29, 0.717) is 30.5 Å². The number of carboxylic acid groups (broad SMARTS) is 2. The lowest BCUT2D eigenvalue weighted by molar-refractivity contribution is -0.165. The molecule has 0 aliphatic heterocycles. The van der Waals surface area contributed by atoms with E-state index in [1.165, 1.54) is 28.3 Å². The average Bonchev–Trinajstić information content (AvgIpc) is 3.47. The topological polar surface area (TPSA) is 189 Å². The van der Waals surface area contributed by atoms with Crippen LogP contribution in [0.2, 0.25) is 0 Å². The van der Waals surface area contributed by atoms with Gasteiger partial charge in [-0.3, -0.25) is 4.79 Å². The Hall–Kier alpha value is -4.55. The number of pyridine rings is 1. The van der Waals surface area contributed by atoms with Gasteiger partial charge in [-0.1, -0.05) is 62.4 Å². The number of H-pyrrole nitrogens is 1. The van der Waals surface area contributed by atoms with Gasteiger partial charge in [-0.2, -0.15) is 0 Å². The summed E-state index contributed by atoms with van der Waals surface area (Å²) in [5.74, 6) is -2.94. The largest absolute Gasteiger partial charge is 0.487 e. The van der Waals surface area contributed by atoms with Gasteiger partial charge in [0.1, 0.15) is 12.4 Å². The maximum Gasteiger partial charge on any atom is 0.335 e. The second-order valence-electron chi connectivity index (χ2n) is 11.2. The number of aliphatic hydroxyl groups excluding tert-OH is 3. The predicted molar refractivity (Wildman–Crippen MR) is 172 cm³/mol. The summed E-state index contributed by atoms with van der Waals surface area (Å²) in [5.41, 5.74) is 8.00. The smallest absolute Gasteiger partial charge is 0.335 e. The Labute approximate surface area is 266 Å². The zero-order chi connectivity index (χ0) is 33.4. The van der Waals surface area contributed by atoms with Crippen LogP contribution in [0.5, 0.6) is 5.75 Å². The minimum atomic E-state index is -2.27. The molecule has 7 N–H and O–H groups in total. The molecule has 1 aliphatic rings. The van der Waals surface area contributed by atoms with Crippen molar-refractivity contribution in [2.24, 2.45) is 0 Å². The van der Waals surface area contributed by atoms with Crippen molar-refractivity contribution in [1.82, 2.24) is 10.3 Å². The minimum Gasteiger partial charge on any atom is -0.487 e. The molecule has 1 aliphatic carbocycles. The van der Waals surface area contributed by atoms with Crippen LogP contribution in [0.15, 0.2) is 71.5 Å². The first-order chi connectivity index (χ1) is 22.0. The Kier molecular flexibility index (Phi) is 11.7. The fourth-order valence-corrected chi connectivity index (χ4v) is 5.63. The second-order valence-corrected chi connectivity index (χ2v) is 11.2. The van der Waals surface area contributed by atoms with Crippen molar-refractivity contribution in [3.63, 3.8) is 0 Å². The van der Waals surface area contributed by atoms with Crippen molar-refractivity contribution in [3.05, 3.63) is 110 Å². The number of aromatic nitrogens is 1. The summed E-state index contributed by atoms with van der Waals surface area (Å²) in [4.78, 5) is 34.6. The van der Waals surface area contributed by atoms with E-state index in [0.717, 1.165) is 42.2 Å². The highest BCUT2D eigenvalue weighted by Gasteiger charge is 2.29. The van der Waals surface area contributed by atoms with E-state index < -0.39 is 30.3 Å². The van der Waals surface area contributed by atoms with Gasteiger partial charge in [-0.25, -0.2) is 9.59 Å². The number of hydrogen-bond donors (Lipinski definition) is 7. The average molecular weight is 633 g/mol. The summed E-state index contributed by atoms with van der Waals surface area (Å²) in [7, 11) is 0. The molecule has 2 unspecified atom stereocenters. The molecule has 0 fully saturated rings. The lowest BCUT2D eigenvalue weighted by atomic mass is 9.97. The Morgan fingerprint density at radius 3 is 2.00 bits per heavy atom. The fraction of sp³-hybridized carbons (Fsp3) is 0.343. The van der Waals surface area contributed by atoms with Crippen LogP contribution in [0, 0.1) is 0 Å². The molecule has 0 radical (unpaired) electrons. The van der Waals surface area contributed by atoms with Gasteiger partial charge in [0.15, 0.2) is 12.2 Å². The molecule has 1 heterocycles. The number of ether oxygens (including phenoxy) is 1. The quantitative estimate of drug-likeness (QED) is 0.122. The summed E-state index contributed by atoms with van der Waals surface area (Å²) >= 11 is 0. The molecule has 0 saturated heterocycles. The highest BCUT2D eigenvalue weighted by molar-refractivity contribution is 5.87. The van der Waals surface area contributed by atoms with Crippen LogP contribution < -0.4 is 15.6 Å². The van der Waals surface area contributed by atoms with Gasteiger partial charge in [0.05, 0.1) is 11.6 Å². The normalized spacial score (nSPS) is 14.5. The third kappa shape index (κ3) is 8.38. The molecule has 11 nitrogen and oxygen atoms in total. The van der Waals surface area contributed by atoms with Crippen molar-refractivity contribution in [2.75, 3.05) is 6.54 Å². The van der Waals surface area contributed by atoms with E-state index in [4.69, 9.17) is 25.2 Å². The van der Waals surface area contributed by atoms with Crippen LogP contribution in [-0.4, -0.2) is 67.2 Å². The van der Waals surface area contributed by atoms with E-state index >= 15 is 0 Å². The maximum absolute atomic E-state index is 12.1. The molecule has 0 amide bonds. The Morgan fingerprint density at radius 1 is 0.870 bits per heavy atom. The lowest BCUT2D eigenvalue weighted by Gasteiger charge is -2.19. The van der Waals surface area contributed by atoms with Crippen molar-refractivity contribution in [3.8, 4) is 5.75 Å². The molecule has 4 aromatic rings. The number of aromatic amines is 1. The van der Waals surface area contributed by atoms with Gasteiger partial charge >= 0.3 is 11.9 Å². The van der Waals surface area contributed by atoms with Gasteiger partial charge in [0.25, 0.3) is 0 Å². The first-order valence-electron chi connectivity index (χ1n) is 15.2. The first kappa shape index (κ1) is 34.3. The molecule has 244 valence electrons. The number of aryl methyl sites for hydroxylation is 2. The Balaban J connectivity index is 0.000000416. The summed E-state index contributed by atoms with van der Waals surface area (Å²) in [6.45, 7) is 5.28. The number of hydrogen-bond acceptors (Lipinski definition) is 8. The van der Waals surface area contributed by atoms with Crippen LogP contribution in [0.1, 0.15) is 53.3 Å².